The van der Waals surface area contributed by atoms with E-state index < -0.39 is 35.8 Å². The number of alkyl halides is 3. The van der Waals surface area contributed by atoms with Crippen LogP contribution in [0.5, 0.6) is 0 Å². The maximum absolute atomic E-state index is 12.0. The van der Waals surface area contributed by atoms with Crippen LogP contribution in [0.25, 0.3) is 0 Å². The molecule has 0 radical (unpaired) electrons. The van der Waals surface area contributed by atoms with Crippen LogP contribution in [0.1, 0.15) is 5.56 Å². The third kappa shape index (κ3) is 9.40. The Bertz CT molecular complexity index is 515. The van der Waals surface area contributed by atoms with Gasteiger partial charge in [-0.15, -0.1) is 13.2 Å². The molecule has 0 fully saturated rings. The quantitative estimate of drug-likeness (QED) is 0.684. The van der Waals surface area contributed by atoms with Gasteiger partial charge in [0.2, 0.25) is 0 Å². The van der Waals surface area contributed by atoms with E-state index in [1.54, 1.807) is 30.3 Å². The van der Waals surface area contributed by atoms with Gasteiger partial charge in [0.15, 0.2) is 0 Å². The number of halogens is 3. The summed E-state index contributed by atoms with van der Waals surface area (Å²) in [4.78, 5) is 0. The van der Waals surface area contributed by atoms with Crippen LogP contribution < -0.4 is 0 Å². The van der Waals surface area contributed by atoms with Crippen molar-refractivity contribution in [3.63, 3.8) is 0 Å². The maximum Gasteiger partial charge on any atom is 0.522 e. The standard InChI is InChI=1S/C12H15F3O5S/c1-21(16,17)20-9-11(8-19-12(13,14)15)18-7-10-5-3-2-4-6-10/h2-6,11H,7-9H2,1H3. The first-order valence-electron chi connectivity index (χ1n) is 5.86. The first-order chi connectivity index (χ1) is 9.66. The van der Waals surface area contributed by atoms with Gasteiger partial charge in [-0.2, -0.15) is 8.42 Å². The molecule has 0 saturated heterocycles. The van der Waals surface area contributed by atoms with E-state index in [1.165, 1.54) is 0 Å². The average Bonchev–Trinajstić information content (AvgIpc) is 2.36. The zero-order valence-electron chi connectivity index (χ0n) is 11.2. The van der Waals surface area contributed by atoms with Crippen molar-refractivity contribution < 1.29 is 35.2 Å². The number of rotatable bonds is 8. The van der Waals surface area contributed by atoms with E-state index in [1.807, 2.05) is 0 Å². The lowest BCUT2D eigenvalue weighted by molar-refractivity contribution is -0.332. The summed E-state index contributed by atoms with van der Waals surface area (Å²) >= 11 is 0. The van der Waals surface area contributed by atoms with Gasteiger partial charge in [0.25, 0.3) is 10.1 Å². The van der Waals surface area contributed by atoms with E-state index in [0.29, 0.717) is 0 Å². The first-order valence-corrected chi connectivity index (χ1v) is 7.68. The van der Waals surface area contributed by atoms with Gasteiger partial charge >= 0.3 is 6.36 Å². The second-order valence-electron chi connectivity index (χ2n) is 4.16. The minimum absolute atomic E-state index is 0.0137. The van der Waals surface area contributed by atoms with Gasteiger partial charge in [0.1, 0.15) is 6.10 Å². The van der Waals surface area contributed by atoms with Gasteiger partial charge in [-0.3, -0.25) is 8.92 Å². The van der Waals surface area contributed by atoms with Crippen LogP contribution in [0.3, 0.4) is 0 Å². The fourth-order valence-corrected chi connectivity index (χ4v) is 1.72. The van der Waals surface area contributed by atoms with Crippen molar-refractivity contribution in [2.45, 2.75) is 19.1 Å². The molecular weight excluding hydrogens is 313 g/mol. The van der Waals surface area contributed by atoms with Gasteiger partial charge in [-0.25, -0.2) is 0 Å². The normalized spacial score (nSPS) is 14.1. The monoisotopic (exact) mass is 328 g/mol. The minimum atomic E-state index is -4.82. The Morgan fingerprint density at radius 2 is 1.76 bits per heavy atom. The van der Waals surface area contributed by atoms with Crippen molar-refractivity contribution in [3.05, 3.63) is 35.9 Å². The highest BCUT2D eigenvalue weighted by Gasteiger charge is 2.31. The summed E-state index contributed by atoms with van der Waals surface area (Å²) < 4.78 is 71.1. The highest BCUT2D eigenvalue weighted by molar-refractivity contribution is 7.85. The Morgan fingerprint density at radius 3 is 2.29 bits per heavy atom. The van der Waals surface area contributed by atoms with E-state index >= 15 is 0 Å². The second-order valence-corrected chi connectivity index (χ2v) is 5.81. The van der Waals surface area contributed by atoms with Crippen molar-refractivity contribution in [2.24, 2.45) is 0 Å². The smallest absolute Gasteiger partial charge is 0.369 e. The molecule has 120 valence electrons. The highest BCUT2D eigenvalue weighted by atomic mass is 32.2. The summed E-state index contributed by atoms with van der Waals surface area (Å²) in [5, 5.41) is 0. The molecule has 9 heteroatoms. The van der Waals surface area contributed by atoms with Crippen LogP contribution in [-0.2, 0) is 30.4 Å². The fraction of sp³-hybridized carbons (Fsp3) is 0.500. The topological polar surface area (TPSA) is 61.8 Å². The Kier molecular flexibility index (Phi) is 6.59. The molecule has 1 unspecified atom stereocenters. The van der Waals surface area contributed by atoms with Crippen molar-refractivity contribution in [1.29, 1.82) is 0 Å². The number of hydrogen-bond acceptors (Lipinski definition) is 5. The van der Waals surface area contributed by atoms with Gasteiger partial charge < -0.3 is 4.74 Å². The van der Waals surface area contributed by atoms with Crippen LogP contribution in [-0.4, -0.2) is 40.4 Å². The Labute approximate surface area is 120 Å². The van der Waals surface area contributed by atoms with Gasteiger partial charge in [0, 0.05) is 0 Å². The van der Waals surface area contributed by atoms with Crippen molar-refractivity contribution in [1.82, 2.24) is 0 Å². The molecular formula is C12H15F3O5S. The molecule has 0 spiro atoms. The van der Waals surface area contributed by atoms with E-state index in [2.05, 4.69) is 8.92 Å². The maximum atomic E-state index is 12.0. The molecule has 0 bridgehead atoms. The van der Waals surface area contributed by atoms with Gasteiger partial charge in [-0.05, 0) is 5.56 Å². The summed E-state index contributed by atoms with van der Waals surface area (Å²) in [6, 6.07) is 8.71. The molecule has 0 aromatic heterocycles. The van der Waals surface area contributed by atoms with E-state index in [-0.39, 0.29) is 6.61 Å². The zero-order chi connectivity index (χ0) is 15.9. The molecule has 0 aliphatic rings. The van der Waals surface area contributed by atoms with Gasteiger partial charge in [-0.1, -0.05) is 30.3 Å². The average molecular weight is 328 g/mol. The summed E-state index contributed by atoms with van der Waals surface area (Å²) in [5.41, 5.74) is 0.730. The molecule has 0 aliphatic carbocycles. The third-order valence-electron chi connectivity index (χ3n) is 2.23. The molecule has 1 atom stereocenters. The summed E-state index contributed by atoms with van der Waals surface area (Å²) in [7, 11) is -3.77. The molecule has 0 heterocycles. The lowest BCUT2D eigenvalue weighted by Gasteiger charge is -2.18. The fourth-order valence-electron chi connectivity index (χ4n) is 1.32. The predicted octanol–water partition coefficient (Wildman–Crippen LogP) is 2.08. The molecule has 0 amide bonds. The van der Waals surface area contributed by atoms with Crippen LogP contribution in [0, 0.1) is 0 Å². The molecule has 5 nitrogen and oxygen atoms in total. The molecule has 1 aromatic carbocycles. The second kappa shape index (κ2) is 7.74. The molecule has 0 N–H and O–H groups in total. The molecule has 1 aromatic rings. The number of hydrogen-bond donors (Lipinski definition) is 0. The van der Waals surface area contributed by atoms with Crippen molar-refractivity contribution >= 4 is 10.1 Å². The molecule has 1 rings (SSSR count). The Morgan fingerprint density at radius 1 is 1.14 bits per heavy atom. The lowest BCUT2D eigenvalue weighted by atomic mass is 10.2. The van der Waals surface area contributed by atoms with Crippen LogP contribution in [0.2, 0.25) is 0 Å². The van der Waals surface area contributed by atoms with Crippen molar-refractivity contribution in [2.75, 3.05) is 19.5 Å². The lowest BCUT2D eigenvalue weighted by Crippen LogP contribution is -2.30. The molecule has 0 aliphatic heterocycles. The Hall–Kier alpha value is -1.16. The van der Waals surface area contributed by atoms with Gasteiger partial charge in [0.05, 0.1) is 26.1 Å². The van der Waals surface area contributed by atoms with Crippen LogP contribution in [0.15, 0.2) is 30.3 Å². The number of ether oxygens (including phenoxy) is 2. The van der Waals surface area contributed by atoms with E-state index in [9.17, 15) is 21.6 Å². The predicted molar refractivity (Wildman–Crippen MR) is 67.8 cm³/mol. The molecule has 21 heavy (non-hydrogen) atoms. The Balaban J connectivity index is 2.54. The largest absolute Gasteiger partial charge is 0.522 e. The van der Waals surface area contributed by atoms with Crippen molar-refractivity contribution in [3.8, 4) is 0 Å². The number of benzene rings is 1. The summed E-state index contributed by atoms with van der Waals surface area (Å²) in [6.07, 6.45) is -5.19. The minimum Gasteiger partial charge on any atom is -0.369 e. The zero-order valence-corrected chi connectivity index (χ0v) is 12.0. The summed E-state index contributed by atoms with van der Waals surface area (Å²) in [5.74, 6) is 0. The SMILES string of the molecule is CS(=O)(=O)OCC(COC(F)(F)F)OCc1ccccc1. The molecule has 0 saturated carbocycles. The van der Waals surface area contributed by atoms with E-state index in [0.717, 1.165) is 11.8 Å². The summed E-state index contributed by atoms with van der Waals surface area (Å²) in [6.45, 7) is -1.40. The first kappa shape index (κ1) is 17.9. The van der Waals surface area contributed by atoms with Crippen LogP contribution in [0.4, 0.5) is 13.2 Å². The highest BCUT2D eigenvalue weighted by Crippen LogP contribution is 2.17. The van der Waals surface area contributed by atoms with E-state index in [4.69, 9.17) is 4.74 Å². The van der Waals surface area contributed by atoms with Crippen LogP contribution >= 0.6 is 0 Å². The third-order valence-corrected chi connectivity index (χ3v) is 2.79.